The van der Waals surface area contributed by atoms with E-state index in [4.69, 9.17) is 0 Å². The Hall–Kier alpha value is 0.920. The SMILES string of the molecule is CCCCCCCCCCCCC[N+](C)(C)CCBr.[Br-]. The molecule has 0 fully saturated rings. The van der Waals surface area contributed by atoms with Gasteiger partial charge in [0.15, 0.2) is 0 Å². The fourth-order valence-electron chi connectivity index (χ4n) is 2.54. The van der Waals surface area contributed by atoms with E-state index in [0.29, 0.717) is 0 Å². The van der Waals surface area contributed by atoms with Crippen LogP contribution in [0.4, 0.5) is 0 Å². The molecule has 0 aromatic rings. The Bertz CT molecular complexity index is 184. The molecular formula is C17H37Br2N. The molecule has 124 valence electrons. The molecule has 0 saturated carbocycles. The molecule has 0 amide bonds. The predicted octanol–water partition coefficient (Wildman–Crippen LogP) is 2.77. The van der Waals surface area contributed by atoms with Crippen LogP contribution in [0.5, 0.6) is 0 Å². The van der Waals surface area contributed by atoms with Crippen molar-refractivity contribution < 1.29 is 21.5 Å². The van der Waals surface area contributed by atoms with Crippen molar-refractivity contribution in [2.75, 3.05) is 32.5 Å². The summed E-state index contributed by atoms with van der Waals surface area (Å²) in [5.74, 6) is 0. The minimum atomic E-state index is 0. The van der Waals surface area contributed by atoms with Gasteiger partial charge < -0.3 is 21.5 Å². The van der Waals surface area contributed by atoms with Gasteiger partial charge in [-0.3, -0.25) is 0 Å². The summed E-state index contributed by atoms with van der Waals surface area (Å²) in [5.41, 5.74) is 0. The Morgan fingerprint density at radius 2 is 1.05 bits per heavy atom. The first-order valence-corrected chi connectivity index (χ1v) is 9.62. The van der Waals surface area contributed by atoms with Crippen molar-refractivity contribution in [3.8, 4) is 0 Å². The normalized spacial score (nSPS) is 11.4. The molecule has 0 atom stereocenters. The highest BCUT2D eigenvalue weighted by atomic mass is 79.9. The lowest BCUT2D eigenvalue weighted by molar-refractivity contribution is -0.887. The molecule has 0 heterocycles. The Labute approximate surface area is 147 Å². The maximum atomic E-state index is 3.54. The number of nitrogens with zero attached hydrogens (tertiary/aromatic N) is 1. The smallest absolute Gasteiger partial charge is 0.0880 e. The molecular weight excluding hydrogens is 378 g/mol. The summed E-state index contributed by atoms with van der Waals surface area (Å²) in [4.78, 5) is 0. The number of unbranched alkanes of at least 4 members (excludes halogenated alkanes) is 10. The van der Waals surface area contributed by atoms with Crippen molar-refractivity contribution >= 4 is 15.9 Å². The third-order valence-corrected chi connectivity index (χ3v) is 4.41. The second kappa shape index (κ2) is 16.3. The molecule has 0 aliphatic carbocycles. The van der Waals surface area contributed by atoms with Gasteiger partial charge in [-0.25, -0.2) is 0 Å². The van der Waals surface area contributed by atoms with Gasteiger partial charge in [0.05, 0.1) is 32.5 Å². The van der Waals surface area contributed by atoms with Gasteiger partial charge in [-0.15, -0.1) is 0 Å². The van der Waals surface area contributed by atoms with E-state index in [1.165, 1.54) is 88.2 Å². The van der Waals surface area contributed by atoms with Gasteiger partial charge in [0, 0.05) is 0 Å². The standard InChI is InChI=1S/C17H37BrN.BrH/c1-4-5-6-7-8-9-10-11-12-13-14-16-19(2,3)17-15-18;/h4-17H2,1-3H3;1H/q+1;/p-1. The Balaban J connectivity index is 0. The zero-order valence-electron chi connectivity index (χ0n) is 14.1. The Morgan fingerprint density at radius 1 is 0.650 bits per heavy atom. The van der Waals surface area contributed by atoms with E-state index in [9.17, 15) is 0 Å². The molecule has 0 N–H and O–H groups in total. The van der Waals surface area contributed by atoms with Crippen molar-refractivity contribution in [2.45, 2.75) is 77.6 Å². The molecule has 0 radical (unpaired) electrons. The highest BCUT2D eigenvalue weighted by Crippen LogP contribution is 2.12. The van der Waals surface area contributed by atoms with Crippen LogP contribution in [0.2, 0.25) is 0 Å². The molecule has 0 unspecified atom stereocenters. The van der Waals surface area contributed by atoms with Crippen LogP contribution in [0.25, 0.3) is 0 Å². The summed E-state index contributed by atoms with van der Waals surface area (Å²) >= 11 is 3.54. The summed E-state index contributed by atoms with van der Waals surface area (Å²) in [7, 11) is 4.69. The van der Waals surface area contributed by atoms with Gasteiger partial charge in [0.2, 0.25) is 0 Å². The van der Waals surface area contributed by atoms with Crippen molar-refractivity contribution in [3.05, 3.63) is 0 Å². The lowest BCUT2D eigenvalue weighted by Gasteiger charge is -2.29. The average molecular weight is 415 g/mol. The predicted molar refractivity (Wildman–Crippen MR) is 92.1 cm³/mol. The van der Waals surface area contributed by atoms with E-state index in [1.807, 2.05) is 0 Å². The lowest BCUT2D eigenvalue weighted by atomic mass is 10.1. The number of rotatable bonds is 14. The topological polar surface area (TPSA) is 0 Å². The molecule has 3 heteroatoms. The Kier molecular flexibility index (Phi) is 18.9. The van der Waals surface area contributed by atoms with Crippen LogP contribution in [0, 0.1) is 0 Å². The van der Waals surface area contributed by atoms with Gasteiger partial charge >= 0.3 is 0 Å². The van der Waals surface area contributed by atoms with E-state index >= 15 is 0 Å². The summed E-state index contributed by atoms with van der Waals surface area (Å²) < 4.78 is 1.17. The monoisotopic (exact) mass is 413 g/mol. The van der Waals surface area contributed by atoms with Gasteiger partial charge in [-0.05, 0) is 12.8 Å². The maximum Gasteiger partial charge on any atom is 0.0880 e. The van der Waals surface area contributed by atoms with Gasteiger partial charge in [0.25, 0.3) is 0 Å². The first-order valence-electron chi connectivity index (χ1n) is 8.50. The number of hydrogen-bond donors (Lipinski definition) is 0. The van der Waals surface area contributed by atoms with Crippen LogP contribution in [-0.2, 0) is 0 Å². The average Bonchev–Trinajstić information content (AvgIpc) is 2.36. The first-order chi connectivity index (χ1) is 9.12. The van der Waals surface area contributed by atoms with Crippen LogP contribution >= 0.6 is 15.9 Å². The van der Waals surface area contributed by atoms with Crippen LogP contribution in [0.1, 0.15) is 77.6 Å². The van der Waals surface area contributed by atoms with Crippen LogP contribution in [0.15, 0.2) is 0 Å². The van der Waals surface area contributed by atoms with Crippen molar-refractivity contribution in [1.82, 2.24) is 0 Å². The fourth-order valence-corrected chi connectivity index (χ4v) is 3.50. The zero-order valence-corrected chi connectivity index (χ0v) is 17.3. The molecule has 0 aromatic heterocycles. The van der Waals surface area contributed by atoms with E-state index in [1.54, 1.807) is 0 Å². The second-order valence-electron chi connectivity index (χ2n) is 6.61. The molecule has 0 bridgehead atoms. The Morgan fingerprint density at radius 3 is 1.45 bits per heavy atom. The van der Waals surface area contributed by atoms with E-state index in [2.05, 4.69) is 36.9 Å². The zero-order chi connectivity index (χ0) is 14.4. The highest BCUT2D eigenvalue weighted by Gasteiger charge is 2.12. The highest BCUT2D eigenvalue weighted by molar-refractivity contribution is 9.09. The molecule has 0 aliphatic heterocycles. The lowest BCUT2D eigenvalue weighted by Crippen LogP contribution is -3.00. The summed E-state index contributed by atoms with van der Waals surface area (Å²) in [6, 6.07) is 0. The van der Waals surface area contributed by atoms with Crippen LogP contribution < -0.4 is 17.0 Å². The summed E-state index contributed by atoms with van der Waals surface area (Å²) in [6.45, 7) is 4.87. The maximum absolute atomic E-state index is 3.54. The number of hydrogen-bond acceptors (Lipinski definition) is 0. The third kappa shape index (κ3) is 17.0. The molecule has 0 aromatic carbocycles. The molecule has 20 heavy (non-hydrogen) atoms. The van der Waals surface area contributed by atoms with Gasteiger partial charge in [-0.2, -0.15) is 0 Å². The van der Waals surface area contributed by atoms with Crippen LogP contribution in [-0.4, -0.2) is 37.0 Å². The van der Waals surface area contributed by atoms with Gasteiger partial charge in [-0.1, -0.05) is 80.6 Å². The number of halogens is 2. The molecule has 0 spiro atoms. The minimum absolute atomic E-state index is 0. The fraction of sp³-hybridized carbons (Fsp3) is 1.00. The summed E-state index contributed by atoms with van der Waals surface area (Å²) in [6.07, 6.45) is 15.9. The van der Waals surface area contributed by atoms with Gasteiger partial charge in [0.1, 0.15) is 0 Å². The molecule has 0 aliphatic rings. The second-order valence-corrected chi connectivity index (χ2v) is 7.40. The molecule has 0 rings (SSSR count). The quantitative estimate of drug-likeness (QED) is 0.233. The van der Waals surface area contributed by atoms with E-state index in [-0.39, 0.29) is 17.0 Å². The number of alkyl halides is 1. The molecule has 1 nitrogen and oxygen atoms in total. The minimum Gasteiger partial charge on any atom is -1.00 e. The largest absolute Gasteiger partial charge is 1.00 e. The van der Waals surface area contributed by atoms with E-state index in [0.717, 1.165) is 5.33 Å². The van der Waals surface area contributed by atoms with E-state index < -0.39 is 0 Å². The van der Waals surface area contributed by atoms with Crippen molar-refractivity contribution in [1.29, 1.82) is 0 Å². The molecule has 0 saturated heterocycles. The van der Waals surface area contributed by atoms with Crippen molar-refractivity contribution in [3.63, 3.8) is 0 Å². The van der Waals surface area contributed by atoms with Crippen LogP contribution in [0.3, 0.4) is 0 Å². The third-order valence-electron chi connectivity index (χ3n) is 4.06. The first kappa shape index (κ1) is 23.2. The van der Waals surface area contributed by atoms with Crippen molar-refractivity contribution in [2.24, 2.45) is 0 Å². The summed E-state index contributed by atoms with van der Waals surface area (Å²) in [5, 5.41) is 1.12. The number of quaternary nitrogens is 1.